The summed E-state index contributed by atoms with van der Waals surface area (Å²) in [7, 11) is 1.89. The predicted octanol–water partition coefficient (Wildman–Crippen LogP) is 5.04. The molecule has 12 heteroatoms. The van der Waals surface area contributed by atoms with Gasteiger partial charge in [0.2, 0.25) is 5.95 Å². The summed E-state index contributed by atoms with van der Waals surface area (Å²) in [4.78, 5) is 32.0. The van der Waals surface area contributed by atoms with E-state index >= 15 is 0 Å². The number of aromatic nitrogens is 5. The van der Waals surface area contributed by atoms with Crippen molar-refractivity contribution in [3.05, 3.63) is 78.4 Å². The molecule has 0 atom stereocenters. The standard InChI is InChI=1S/C35H40N10O2/c1-43-24-28(23-40-43)26-7-12-31(37-21-26)45(34(46)39-20-25-5-3-2-4-6-25)30-10-8-29(9-11-30)41-33-38-22-27(19-36)32(42-33)44-16-13-35(44)14-17-47-18-15-35/h2-7,12,21-24,29-30H,8-11,13-18,20H2,1H3,(H,39,46)(H,38,41,42)/t29-,30-. The number of nitriles is 1. The van der Waals surface area contributed by atoms with Gasteiger partial charge >= 0.3 is 6.03 Å². The molecule has 242 valence electrons. The molecule has 0 radical (unpaired) electrons. The summed E-state index contributed by atoms with van der Waals surface area (Å²) in [6.45, 7) is 2.80. The maximum absolute atomic E-state index is 13.8. The van der Waals surface area contributed by atoms with Gasteiger partial charge in [-0.2, -0.15) is 15.3 Å². The largest absolute Gasteiger partial charge is 0.381 e. The lowest BCUT2D eigenvalue weighted by molar-refractivity contribution is 0.0284. The lowest BCUT2D eigenvalue weighted by Gasteiger charge is -2.55. The maximum atomic E-state index is 13.8. The van der Waals surface area contributed by atoms with Gasteiger partial charge in [-0.1, -0.05) is 30.3 Å². The molecule has 2 N–H and O–H groups in total. The quantitative estimate of drug-likeness (QED) is 0.274. The van der Waals surface area contributed by atoms with E-state index in [4.69, 9.17) is 14.7 Å². The molecule has 1 aromatic carbocycles. The summed E-state index contributed by atoms with van der Waals surface area (Å²) in [5.41, 5.74) is 3.49. The Balaban J connectivity index is 1.04. The van der Waals surface area contributed by atoms with Crippen LogP contribution in [0.15, 0.2) is 67.3 Å². The fourth-order valence-corrected chi connectivity index (χ4v) is 7.11. The molecule has 1 aliphatic carbocycles. The van der Waals surface area contributed by atoms with Gasteiger partial charge in [0, 0.05) is 74.5 Å². The van der Waals surface area contributed by atoms with Gasteiger partial charge in [-0.05, 0) is 62.6 Å². The molecule has 47 heavy (non-hydrogen) atoms. The summed E-state index contributed by atoms with van der Waals surface area (Å²) in [6.07, 6.45) is 13.5. The number of benzene rings is 1. The van der Waals surface area contributed by atoms with Crippen LogP contribution in [0.1, 0.15) is 56.1 Å². The molecule has 1 saturated carbocycles. The Hall–Kier alpha value is -5.02. The third-order valence-electron chi connectivity index (χ3n) is 9.87. The first-order valence-electron chi connectivity index (χ1n) is 16.5. The highest BCUT2D eigenvalue weighted by Crippen LogP contribution is 2.43. The minimum Gasteiger partial charge on any atom is -0.381 e. The summed E-state index contributed by atoms with van der Waals surface area (Å²) in [5.74, 6) is 1.88. The minimum atomic E-state index is -0.163. The minimum absolute atomic E-state index is 0.0209. The Labute approximate surface area is 274 Å². The third kappa shape index (κ3) is 6.49. The van der Waals surface area contributed by atoms with Crippen molar-refractivity contribution in [2.75, 3.05) is 34.9 Å². The molecule has 1 spiro atoms. The van der Waals surface area contributed by atoms with E-state index in [0.29, 0.717) is 29.7 Å². The fourth-order valence-electron chi connectivity index (χ4n) is 7.11. The van der Waals surface area contributed by atoms with Gasteiger partial charge < -0.3 is 20.3 Å². The van der Waals surface area contributed by atoms with Gasteiger partial charge in [0.1, 0.15) is 17.5 Å². The van der Waals surface area contributed by atoms with Gasteiger partial charge in [-0.3, -0.25) is 9.58 Å². The zero-order chi connectivity index (χ0) is 32.2. The first-order valence-corrected chi connectivity index (χ1v) is 16.5. The van der Waals surface area contributed by atoms with Gasteiger partial charge in [-0.15, -0.1) is 0 Å². The maximum Gasteiger partial charge on any atom is 0.323 e. The molecule has 3 fully saturated rings. The van der Waals surface area contributed by atoms with Crippen molar-refractivity contribution in [3.63, 3.8) is 0 Å². The second kappa shape index (κ2) is 13.4. The number of amides is 2. The molecule has 2 aliphatic heterocycles. The average Bonchev–Trinajstić information content (AvgIpc) is 3.55. The molecule has 5 heterocycles. The number of urea groups is 1. The number of pyridine rings is 1. The van der Waals surface area contributed by atoms with E-state index in [-0.39, 0.29) is 23.7 Å². The van der Waals surface area contributed by atoms with Crippen LogP contribution in [0.4, 0.5) is 22.4 Å². The number of aryl methyl sites for hydroxylation is 1. The first kappa shape index (κ1) is 30.6. The Morgan fingerprint density at radius 3 is 2.49 bits per heavy atom. The highest BCUT2D eigenvalue weighted by atomic mass is 16.5. The van der Waals surface area contributed by atoms with Crippen molar-refractivity contribution >= 4 is 23.6 Å². The summed E-state index contributed by atoms with van der Waals surface area (Å²) < 4.78 is 7.38. The Kier molecular flexibility index (Phi) is 8.72. The molecule has 7 rings (SSSR count). The summed E-state index contributed by atoms with van der Waals surface area (Å²) in [5, 5.41) is 20.8. The highest BCUT2D eigenvalue weighted by molar-refractivity contribution is 5.91. The van der Waals surface area contributed by atoms with E-state index in [1.165, 1.54) is 0 Å². The summed E-state index contributed by atoms with van der Waals surface area (Å²) >= 11 is 0. The van der Waals surface area contributed by atoms with Gasteiger partial charge in [0.25, 0.3) is 0 Å². The molecular formula is C35H40N10O2. The smallest absolute Gasteiger partial charge is 0.323 e. The van der Waals surface area contributed by atoms with Crippen LogP contribution in [-0.4, -0.2) is 68.1 Å². The van der Waals surface area contributed by atoms with E-state index in [1.807, 2.05) is 66.8 Å². The third-order valence-corrected chi connectivity index (χ3v) is 9.87. The Morgan fingerprint density at radius 1 is 1.02 bits per heavy atom. The Bertz CT molecular complexity index is 1720. The second-order valence-corrected chi connectivity index (χ2v) is 12.8. The van der Waals surface area contributed by atoms with Crippen molar-refractivity contribution in [1.29, 1.82) is 5.26 Å². The van der Waals surface area contributed by atoms with Crippen molar-refractivity contribution in [2.45, 2.75) is 69.1 Å². The monoisotopic (exact) mass is 632 g/mol. The Morgan fingerprint density at radius 2 is 1.83 bits per heavy atom. The van der Waals surface area contributed by atoms with E-state index in [0.717, 1.165) is 81.4 Å². The zero-order valence-electron chi connectivity index (χ0n) is 26.7. The van der Waals surface area contributed by atoms with Gasteiger partial charge in [0.15, 0.2) is 5.82 Å². The molecule has 2 amide bonds. The number of nitrogens with one attached hydrogen (secondary N) is 2. The van der Waals surface area contributed by atoms with Crippen LogP contribution in [0, 0.1) is 11.3 Å². The topological polar surface area (TPSA) is 137 Å². The van der Waals surface area contributed by atoms with Crippen molar-refractivity contribution in [2.24, 2.45) is 7.05 Å². The van der Waals surface area contributed by atoms with E-state index in [2.05, 4.69) is 31.7 Å². The number of rotatable bonds is 8. The molecular weight excluding hydrogens is 592 g/mol. The first-order chi connectivity index (χ1) is 23.0. The van der Waals surface area contributed by atoms with E-state index < -0.39 is 0 Å². The fraction of sp³-hybridized carbons (Fsp3) is 0.429. The molecule has 0 bridgehead atoms. The van der Waals surface area contributed by atoms with Crippen LogP contribution >= 0.6 is 0 Å². The SMILES string of the molecule is Cn1cc(-c2ccc(N(C(=O)NCc3ccccc3)[C@H]3CC[C@H](Nc4ncc(C#N)c(N5CCC56CCOCC6)n4)CC3)nc2)cn1. The van der Waals surface area contributed by atoms with Crippen LogP contribution in [0.3, 0.4) is 0 Å². The molecule has 0 unspecified atom stereocenters. The lowest BCUT2D eigenvalue weighted by Crippen LogP contribution is -2.63. The zero-order valence-corrected chi connectivity index (χ0v) is 26.7. The van der Waals surface area contributed by atoms with Crippen molar-refractivity contribution in [1.82, 2.24) is 30.0 Å². The molecule has 2 saturated heterocycles. The number of carbonyl (C=O) groups excluding carboxylic acids is 1. The molecule has 4 aromatic rings. The van der Waals surface area contributed by atoms with E-state index in [1.54, 1.807) is 17.1 Å². The van der Waals surface area contributed by atoms with Crippen LogP contribution in [0.2, 0.25) is 0 Å². The summed E-state index contributed by atoms with van der Waals surface area (Å²) in [6, 6.07) is 16.1. The molecule has 12 nitrogen and oxygen atoms in total. The number of hydrogen-bond donors (Lipinski definition) is 2. The highest BCUT2D eigenvalue weighted by Gasteiger charge is 2.47. The second-order valence-electron chi connectivity index (χ2n) is 12.8. The average molecular weight is 633 g/mol. The van der Waals surface area contributed by atoms with Gasteiger partial charge in [0.05, 0.1) is 12.4 Å². The molecule has 3 aliphatic rings. The number of hydrogen-bond acceptors (Lipinski definition) is 9. The number of ether oxygens (including phenoxy) is 1. The van der Waals surface area contributed by atoms with Crippen LogP contribution in [-0.2, 0) is 18.3 Å². The van der Waals surface area contributed by atoms with Crippen LogP contribution in [0.25, 0.3) is 11.1 Å². The number of anilines is 3. The van der Waals surface area contributed by atoms with Crippen molar-refractivity contribution in [3.8, 4) is 17.2 Å². The number of carbonyl (C=O) groups is 1. The van der Waals surface area contributed by atoms with E-state index in [9.17, 15) is 10.1 Å². The number of nitrogens with zero attached hydrogens (tertiary/aromatic N) is 8. The lowest BCUT2D eigenvalue weighted by atomic mass is 9.78. The van der Waals surface area contributed by atoms with Gasteiger partial charge in [-0.25, -0.2) is 14.8 Å². The molecule has 3 aromatic heterocycles. The van der Waals surface area contributed by atoms with Crippen molar-refractivity contribution < 1.29 is 9.53 Å². The normalized spacial score (nSPS) is 20.2. The van der Waals surface area contributed by atoms with Crippen LogP contribution < -0.4 is 20.4 Å². The van der Waals surface area contributed by atoms with Crippen LogP contribution in [0.5, 0.6) is 0 Å². The predicted molar refractivity (Wildman–Crippen MR) is 179 cm³/mol.